The van der Waals surface area contributed by atoms with Gasteiger partial charge in [-0.15, -0.1) is 4.91 Å². The summed E-state index contributed by atoms with van der Waals surface area (Å²) >= 11 is 0. The second-order valence-electron chi connectivity index (χ2n) is 7.60. The van der Waals surface area contributed by atoms with Crippen molar-refractivity contribution in [1.82, 2.24) is 0 Å². The molecule has 0 saturated carbocycles. The maximum Gasteiger partial charge on any atom is 0.312 e. The molecule has 3 aromatic carbocycles. The Bertz CT molecular complexity index is 1090. The first-order valence-electron chi connectivity index (χ1n) is 10.1. The Morgan fingerprint density at radius 2 is 1.50 bits per heavy atom. The molecule has 1 N–H and O–H groups in total. The van der Waals surface area contributed by atoms with Crippen LogP contribution in [0.25, 0.3) is 0 Å². The second-order valence-corrected chi connectivity index (χ2v) is 7.60. The molecule has 1 saturated heterocycles. The Morgan fingerprint density at radius 3 is 2.06 bits per heavy atom. The largest absolute Gasteiger partial charge is 0.508 e. The van der Waals surface area contributed by atoms with Crippen LogP contribution in [0.5, 0.6) is 5.75 Å². The molecule has 0 spiro atoms. The summed E-state index contributed by atoms with van der Waals surface area (Å²) in [6.07, 6.45) is 0.315. The summed E-state index contributed by atoms with van der Waals surface area (Å²) in [7, 11) is 0. The van der Waals surface area contributed by atoms with E-state index in [9.17, 15) is 23.6 Å². The van der Waals surface area contributed by atoms with Gasteiger partial charge in [-0.25, -0.2) is 13.8 Å². The van der Waals surface area contributed by atoms with Crippen LogP contribution in [-0.4, -0.2) is 11.1 Å². The summed E-state index contributed by atoms with van der Waals surface area (Å²) in [6, 6.07) is 16.2. The number of phenolic OH excluding ortho intramolecular Hbond substituents is 1. The Morgan fingerprint density at radius 1 is 0.906 bits per heavy atom. The van der Waals surface area contributed by atoms with Crippen molar-refractivity contribution in [3.05, 3.63) is 100 Å². The van der Waals surface area contributed by atoms with E-state index >= 15 is 0 Å². The standard InChI is InChI=1S/C24H20F2N2O4/c25-17-5-1-15(2-6-17)22-14-13-21(24(30)32-22)23(16-3-11-20(29)12-4-16)28(27-31)19-9-7-18(26)8-10-19/h1-12,21-23,29H,13-14H2/t21-,22+,23-/m1/s1. The number of cyclic esters (lactones) is 1. The molecular weight excluding hydrogens is 418 g/mol. The van der Waals surface area contributed by atoms with Gasteiger partial charge in [0.2, 0.25) is 0 Å². The molecule has 8 heteroatoms. The van der Waals surface area contributed by atoms with Gasteiger partial charge in [-0.2, -0.15) is 0 Å². The van der Waals surface area contributed by atoms with Crippen LogP contribution in [0.1, 0.15) is 36.1 Å². The fraction of sp³-hybridized carbons (Fsp3) is 0.208. The molecule has 3 atom stereocenters. The van der Waals surface area contributed by atoms with Gasteiger partial charge in [0, 0.05) is 0 Å². The Balaban J connectivity index is 1.66. The highest BCUT2D eigenvalue weighted by atomic mass is 19.1. The summed E-state index contributed by atoms with van der Waals surface area (Å²) < 4.78 is 32.3. The van der Waals surface area contributed by atoms with E-state index in [0.717, 1.165) is 5.01 Å². The van der Waals surface area contributed by atoms with E-state index < -0.39 is 29.9 Å². The van der Waals surface area contributed by atoms with E-state index in [1.165, 1.54) is 48.5 Å². The topological polar surface area (TPSA) is 79.2 Å². The molecule has 0 bridgehead atoms. The molecule has 32 heavy (non-hydrogen) atoms. The van der Waals surface area contributed by atoms with Crippen molar-refractivity contribution < 1.29 is 23.4 Å². The zero-order valence-electron chi connectivity index (χ0n) is 16.9. The van der Waals surface area contributed by atoms with Crippen LogP contribution in [0.15, 0.2) is 78.1 Å². The quantitative estimate of drug-likeness (QED) is 0.308. The lowest BCUT2D eigenvalue weighted by molar-refractivity contribution is -0.162. The summed E-state index contributed by atoms with van der Waals surface area (Å²) in [5.41, 5.74) is 1.56. The number of nitrogens with zero attached hydrogens (tertiary/aromatic N) is 2. The number of carbonyl (C=O) groups is 1. The Labute approximate surface area is 183 Å². The fourth-order valence-corrected chi connectivity index (χ4v) is 4.00. The number of aromatic hydroxyl groups is 1. The molecule has 0 aliphatic carbocycles. The van der Waals surface area contributed by atoms with Gasteiger partial charge in [0.05, 0.1) is 22.9 Å². The predicted molar refractivity (Wildman–Crippen MR) is 113 cm³/mol. The average Bonchev–Trinajstić information content (AvgIpc) is 2.80. The highest BCUT2D eigenvalue weighted by Crippen LogP contribution is 2.42. The van der Waals surface area contributed by atoms with Crippen molar-refractivity contribution in [1.29, 1.82) is 0 Å². The van der Waals surface area contributed by atoms with Gasteiger partial charge < -0.3 is 9.84 Å². The fourth-order valence-electron chi connectivity index (χ4n) is 4.00. The maximum atomic E-state index is 13.4. The van der Waals surface area contributed by atoms with E-state index in [4.69, 9.17) is 4.74 Å². The SMILES string of the molecule is O=NN(c1ccc(F)cc1)[C@H](c1ccc(O)cc1)[C@H]1CC[C@@H](c2ccc(F)cc2)OC1=O. The number of esters is 1. The third kappa shape index (κ3) is 4.44. The highest BCUT2D eigenvalue weighted by Gasteiger charge is 2.41. The van der Waals surface area contributed by atoms with Crippen molar-refractivity contribution in [2.45, 2.75) is 25.0 Å². The Hall–Kier alpha value is -3.81. The molecule has 0 radical (unpaired) electrons. The smallest absolute Gasteiger partial charge is 0.312 e. The molecule has 3 aromatic rings. The Kier molecular flexibility index (Phi) is 6.11. The molecule has 6 nitrogen and oxygen atoms in total. The number of hydrogen-bond acceptors (Lipinski definition) is 5. The van der Waals surface area contributed by atoms with E-state index in [0.29, 0.717) is 29.7 Å². The van der Waals surface area contributed by atoms with Crippen LogP contribution >= 0.6 is 0 Å². The first-order chi connectivity index (χ1) is 15.5. The van der Waals surface area contributed by atoms with Crippen LogP contribution < -0.4 is 5.01 Å². The van der Waals surface area contributed by atoms with E-state index in [2.05, 4.69) is 5.29 Å². The van der Waals surface area contributed by atoms with Crippen LogP contribution in [0, 0.1) is 22.5 Å². The van der Waals surface area contributed by atoms with Crippen molar-refractivity contribution >= 4 is 11.7 Å². The lowest BCUT2D eigenvalue weighted by atomic mass is 9.84. The molecule has 0 unspecified atom stereocenters. The molecule has 0 aromatic heterocycles. The van der Waals surface area contributed by atoms with Crippen molar-refractivity contribution in [2.24, 2.45) is 11.2 Å². The van der Waals surface area contributed by atoms with Crippen molar-refractivity contribution in [2.75, 3.05) is 5.01 Å². The number of halogens is 2. The summed E-state index contributed by atoms with van der Waals surface area (Å²) in [4.78, 5) is 24.9. The van der Waals surface area contributed by atoms with Gasteiger partial charge in [0.25, 0.3) is 0 Å². The predicted octanol–water partition coefficient (Wildman–Crippen LogP) is 5.59. The molecular formula is C24H20F2N2O4. The van der Waals surface area contributed by atoms with E-state index in [-0.39, 0.29) is 11.6 Å². The van der Waals surface area contributed by atoms with Crippen molar-refractivity contribution in [3.63, 3.8) is 0 Å². The number of carbonyl (C=O) groups excluding carboxylic acids is 1. The molecule has 4 rings (SSSR count). The van der Waals surface area contributed by atoms with Crippen LogP contribution in [0.3, 0.4) is 0 Å². The third-order valence-electron chi connectivity index (χ3n) is 5.60. The van der Waals surface area contributed by atoms with Gasteiger partial charge in [-0.3, -0.25) is 4.79 Å². The monoisotopic (exact) mass is 438 g/mol. The number of anilines is 1. The minimum Gasteiger partial charge on any atom is -0.508 e. The van der Waals surface area contributed by atoms with Gasteiger partial charge in [-0.1, -0.05) is 24.3 Å². The first-order valence-corrected chi connectivity index (χ1v) is 10.1. The normalized spacial score (nSPS) is 19.1. The maximum absolute atomic E-state index is 13.4. The summed E-state index contributed by atoms with van der Waals surface area (Å²) in [6.45, 7) is 0. The number of nitroso groups, excluding NO2 is 1. The van der Waals surface area contributed by atoms with Gasteiger partial charge in [-0.05, 0) is 72.5 Å². The molecule has 164 valence electrons. The van der Waals surface area contributed by atoms with Crippen LogP contribution in [-0.2, 0) is 9.53 Å². The lowest BCUT2D eigenvalue weighted by Gasteiger charge is -2.36. The third-order valence-corrected chi connectivity index (χ3v) is 5.60. The second kappa shape index (κ2) is 9.13. The van der Waals surface area contributed by atoms with Gasteiger partial charge in [0.15, 0.2) is 0 Å². The van der Waals surface area contributed by atoms with Gasteiger partial charge in [0.1, 0.15) is 23.5 Å². The van der Waals surface area contributed by atoms with E-state index in [1.54, 1.807) is 24.3 Å². The van der Waals surface area contributed by atoms with Crippen LogP contribution in [0.2, 0.25) is 0 Å². The molecule has 1 heterocycles. The minimum atomic E-state index is -0.833. The number of hydrogen-bond donors (Lipinski definition) is 1. The minimum absolute atomic E-state index is 0.0301. The number of phenols is 1. The van der Waals surface area contributed by atoms with Crippen LogP contribution in [0.4, 0.5) is 14.5 Å². The zero-order chi connectivity index (χ0) is 22.7. The number of benzene rings is 3. The first kappa shape index (κ1) is 21.4. The molecule has 1 aliphatic heterocycles. The van der Waals surface area contributed by atoms with Crippen molar-refractivity contribution in [3.8, 4) is 5.75 Å². The summed E-state index contributed by atoms with van der Waals surface area (Å²) in [5.74, 6) is -2.10. The lowest BCUT2D eigenvalue weighted by Crippen LogP contribution is -2.38. The van der Waals surface area contributed by atoms with E-state index in [1.807, 2.05) is 0 Å². The molecule has 1 fully saturated rings. The molecule has 0 amide bonds. The number of rotatable bonds is 6. The number of ether oxygens (including phenoxy) is 1. The summed E-state index contributed by atoms with van der Waals surface area (Å²) in [5, 5.41) is 13.9. The average molecular weight is 438 g/mol. The van der Waals surface area contributed by atoms with Gasteiger partial charge >= 0.3 is 5.97 Å². The zero-order valence-corrected chi connectivity index (χ0v) is 16.9. The highest BCUT2D eigenvalue weighted by molar-refractivity contribution is 5.76. The molecule has 1 aliphatic rings.